The molecule has 0 saturated carbocycles. The van der Waals surface area contributed by atoms with Gasteiger partial charge in [0.05, 0.1) is 62.1 Å². The van der Waals surface area contributed by atoms with Crippen LogP contribution >= 0.6 is 0 Å². The van der Waals surface area contributed by atoms with Crippen LogP contribution in [0, 0.1) is 29.1 Å². The van der Waals surface area contributed by atoms with E-state index < -0.39 is 30.3 Å². The van der Waals surface area contributed by atoms with Gasteiger partial charge in [0.2, 0.25) is 11.8 Å². The lowest BCUT2D eigenvalue weighted by Gasteiger charge is -2.30. The monoisotopic (exact) mass is 813 g/mol. The van der Waals surface area contributed by atoms with Crippen LogP contribution in [-0.2, 0) is 19.1 Å². The van der Waals surface area contributed by atoms with Crippen molar-refractivity contribution in [2.24, 2.45) is 17.8 Å². The number of fused-ring (bicyclic) bond motifs is 1. The molecule has 4 amide bonds. The highest BCUT2D eigenvalue weighted by Gasteiger charge is 2.42. The van der Waals surface area contributed by atoms with Crippen LogP contribution in [0.4, 0.5) is 9.59 Å². The number of aromatic amines is 2. The Morgan fingerprint density at radius 3 is 1.78 bits per heavy atom. The molecule has 4 heterocycles. The number of carbonyl (C=O) groups excluding carboxylic acids is 4. The van der Waals surface area contributed by atoms with Crippen LogP contribution in [0.25, 0.3) is 44.4 Å². The number of nitriles is 1. The first-order valence-corrected chi connectivity index (χ1v) is 20.3. The third kappa shape index (κ3) is 8.54. The molecule has 60 heavy (non-hydrogen) atoms. The van der Waals surface area contributed by atoms with E-state index in [0.29, 0.717) is 18.8 Å². The summed E-state index contributed by atoms with van der Waals surface area (Å²) in [7, 11) is 2.54. The van der Waals surface area contributed by atoms with Crippen molar-refractivity contribution in [1.82, 2.24) is 40.4 Å². The molecule has 2 aromatic heterocycles. The zero-order valence-electron chi connectivity index (χ0n) is 34.7. The van der Waals surface area contributed by atoms with Gasteiger partial charge in [-0.3, -0.25) is 9.59 Å². The molecule has 0 aliphatic carbocycles. The number of aromatic nitrogens is 4. The minimum Gasteiger partial charge on any atom is -0.453 e. The Labute approximate surface area is 348 Å². The van der Waals surface area contributed by atoms with Gasteiger partial charge in [-0.05, 0) is 70.7 Å². The molecule has 312 valence electrons. The molecule has 0 bridgehead atoms. The Morgan fingerprint density at radius 2 is 1.22 bits per heavy atom. The predicted molar refractivity (Wildman–Crippen MR) is 225 cm³/mol. The summed E-state index contributed by atoms with van der Waals surface area (Å²) < 4.78 is 9.52. The van der Waals surface area contributed by atoms with E-state index in [1.54, 1.807) is 16.0 Å². The molecule has 3 aromatic carbocycles. The van der Waals surface area contributed by atoms with Crippen molar-refractivity contribution in [2.45, 2.75) is 71.1 Å². The number of imidazole rings is 2. The number of carbonyl (C=O) groups is 4. The van der Waals surface area contributed by atoms with Gasteiger partial charge in [0.1, 0.15) is 23.7 Å². The van der Waals surface area contributed by atoms with E-state index in [4.69, 9.17) is 14.5 Å². The van der Waals surface area contributed by atoms with Gasteiger partial charge in [-0.25, -0.2) is 19.6 Å². The number of methoxy groups -OCH3 is 2. The summed E-state index contributed by atoms with van der Waals surface area (Å²) in [5.41, 5.74) is 5.64. The smallest absolute Gasteiger partial charge is 0.407 e. The van der Waals surface area contributed by atoms with Gasteiger partial charge < -0.3 is 39.9 Å². The maximum absolute atomic E-state index is 13.7. The van der Waals surface area contributed by atoms with Gasteiger partial charge in [0, 0.05) is 18.7 Å². The average molecular weight is 814 g/mol. The number of likely N-dealkylation sites (tertiary alicyclic amines) is 2. The Morgan fingerprint density at radius 1 is 0.717 bits per heavy atom. The molecular formula is C45H51N9O6. The fraction of sp³-hybridized carbons (Fsp3) is 0.400. The molecule has 15 heteroatoms. The third-order valence-corrected chi connectivity index (χ3v) is 11.6. The van der Waals surface area contributed by atoms with E-state index in [1.807, 2.05) is 46.0 Å². The summed E-state index contributed by atoms with van der Waals surface area (Å²) in [5, 5.41) is 17.2. The van der Waals surface area contributed by atoms with Crippen molar-refractivity contribution in [1.29, 1.82) is 5.26 Å². The largest absolute Gasteiger partial charge is 0.453 e. The third-order valence-electron chi connectivity index (χ3n) is 11.6. The molecule has 5 aromatic rings. The van der Waals surface area contributed by atoms with E-state index in [0.717, 1.165) is 63.1 Å². The number of benzene rings is 3. The summed E-state index contributed by atoms with van der Waals surface area (Å²) in [5.74, 6) is 0.203. The molecule has 4 N–H and O–H groups in total. The molecule has 5 atom stereocenters. The van der Waals surface area contributed by atoms with Crippen LogP contribution < -0.4 is 10.6 Å². The van der Waals surface area contributed by atoms with Crippen molar-refractivity contribution in [2.75, 3.05) is 27.3 Å². The van der Waals surface area contributed by atoms with Gasteiger partial charge in [-0.15, -0.1) is 0 Å². The SMILES string of the molecule is COC(=O)N[C@H](C(=O)N1CCC[C@H]1c1ncc(-c2ccc3cc(-c4ccc(-c5cnc([C@@H]6C[C@H](C#N)CN6C(=O)[C@@H](NC(=O)OC)C(C)C)[nH]5)cc4)ccc3c2)[nH]1)C(C)C. The number of alkyl carbamates (subject to hydrolysis) is 2. The zero-order valence-corrected chi connectivity index (χ0v) is 34.7. The predicted octanol–water partition coefficient (Wildman–Crippen LogP) is 7.12. The number of amides is 4. The van der Waals surface area contributed by atoms with Gasteiger partial charge in [0.15, 0.2) is 0 Å². The number of hydrogen-bond donors (Lipinski definition) is 4. The van der Waals surface area contributed by atoms with Crippen molar-refractivity contribution >= 4 is 34.8 Å². The Hall–Kier alpha value is -6.69. The fourth-order valence-corrected chi connectivity index (χ4v) is 8.24. The van der Waals surface area contributed by atoms with Gasteiger partial charge in [-0.1, -0.05) is 76.2 Å². The lowest BCUT2D eigenvalue weighted by molar-refractivity contribution is -0.136. The number of hydrogen-bond acceptors (Lipinski definition) is 9. The molecule has 2 fully saturated rings. The number of rotatable bonds is 11. The van der Waals surface area contributed by atoms with Crippen LogP contribution in [0.5, 0.6) is 0 Å². The zero-order chi connectivity index (χ0) is 42.7. The quantitative estimate of drug-likeness (QED) is 0.107. The van der Waals surface area contributed by atoms with E-state index in [2.05, 4.69) is 80.2 Å². The highest BCUT2D eigenvalue weighted by Crippen LogP contribution is 2.37. The van der Waals surface area contributed by atoms with Crippen molar-refractivity contribution in [3.05, 3.63) is 84.7 Å². The van der Waals surface area contributed by atoms with Crippen molar-refractivity contribution in [3.63, 3.8) is 0 Å². The highest BCUT2D eigenvalue weighted by atomic mass is 16.5. The molecular weight excluding hydrogens is 763 g/mol. The molecule has 15 nitrogen and oxygen atoms in total. The fourth-order valence-electron chi connectivity index (χ4n) is 8.24. The van der Waals surface area contributed by atoms with Crippen molar-refractivity contribution < 1.29 is 28.7 Å². The maximum Gasteiger partial charge on any atom is 0.407 e. The number of ether oxygens (including phenoxy) is 2. The maximum atomic E-state index is 13.7. The second-order valence-corrected chi connectivity index (χ2v) is 16.2. The number of nitrogens with zero attached hydrogens (tertiary/aromatic N) is 5. The van der Waals surface area contributed by atoms with E-state index in [-0.39, 0.29) is 42.2 Å². The van der Waals surface area contributed by atoms with Crippen LogP contribution in [0.15, 0.2) is 73.1 Å². The molecule has 0 radical (unpaired) electrons. The first-order chi connectivity index (χ1) is 28.9. The van der Waals surface area contributed by atoms with E-state index in [1.165, 1.54) is 14.2 Å². The molecule has 0 spiro atoms. The van der Waals surface area contributed by atoms with Crippen LogP contribution in [0.3, 0.4) is 0 Å². The van der Waals surface area contributed by atoms with Gasteiger partial charge in [-0.2, -0.15) is 5.26 Å². The second-order valence-electron chi connectivity index (χ2n) is 16.2. The number of H-pyrrole nitrogens is 2. The van der Waals surface area contributed by atoms with Crippen molar-refractivity contribution in [3.8, 4) is 39.7 Å². The first-order valence-electron chi connectivity index (χ1n) is 20.3. The molecule has 7 rings (SSSR count). The number of nitrogens with one attached hydrogen (secondary N) is 4. The van der Waals surface area contributed by atoms with Crippen LogP contribution in [0.1, 0.15) is 70.7 Å². The summed E-state index contributed by atoms with van der Waals surface area (Å²) >= 11 is 0. The van der Waals surface area contributed by atoms with Gasteiger partial charge in [0.25, 0.3) is 0 Å². The van der Waals surface area contributed by atoms with Gasteiger partial charge >= 0.3 is 12.2 Å². The Bertz CT molecular complexity index is 2410. The highest BCUT2D eigenvalue weighted by molar-refractivity contribution is 5.91. The Kier molecular flexibility index (Phi) is 12.2. The molecule has 2 aliphatic rings. The summed E-state index contributed by atoms with van der Waals surface area (Å²) in [6.07, 6.45) is 4.28. The normalized spacial score (nSPS) is 18.7. The first kappa shape index (κ1) is 41.5. The van der Waals surface area contributed by atoms with Crippen LogP contribution in [0.2, 0.25) is 0 Å². The second kappa shape index (κ2) is 17.7. The standard InChI is InChI=1S/C45H51N9O6/c1-25(2)38(51-44(57)59-5)42(55)53-17-7-8-36(53)40-47-23-35(50-40)33-16-15-31-19-30(13-14-32(31)20-33)28-9-11-29(12-10-28)34-22-48-41(49-34)37-18-27(21-46)24-54(37)43(56)39(26(3)4)52-45(58)60-6/h9-16,19-20,22-23,25-27,36-39H,7-8,17-18,24H2,1-6H3,(H,47,50)(H,48,49)(H,51,57)(H,52,58)/t27-,36+,37+,38+,39+/m1/s1. The van der Waals surface area contributed by atoms with Crippen LogP contribution in [-0.4, -0.2) is 93.1 Å². The topological polar surface area (TPSA) is 198 Å². The molecule has 2 saturated heterocycles. The summed E-state index contributed by atoms with van der Waals surface area (Å²) in [6.45, 7) is 8.33. The summed E-state index contributed by atoms with van der Waals surface area (Å²) in [6, 6.07) is 20.9. The lowest BCUT2D eigenvalue weighted by atomic mass is 9.98. The minimum absolute atomic E-state index is 0.114. The lowest BCUT2D eigenvalue weighted by Crippen LogP contribution is -2.51. The average Bonchev–Trinajstić information content (AvgIpc) is 4.10. The minimum atomic E-state index is -0.808. The van der Waals surface area contributed by atoms with E-state index in [9.17, 15) is 24.4 Å². The molecule has 2 aliphatic heterocycles. The summed E-state index contributed by atoms with van der Waals surface area (Å²) in [4.78, 5) is 71.0. The Balaban J connectivity index is 1.04. The van der Waals surface area contributed by atoms with E-state index >= 15 is 0 Å². The molecule has 0 unspecified atom stereocenters.